The van der Waals surface area contributed by atoms with Crippen LogP contribution in [0.5, 0.6) is 5.75 Å². The van der Waals surface area contributed by atoms with E-state index in [0.29, 0.717) is 21.9 Å². The molecule has 0 atom stereocenters. The predicted molar refractivity (Wildman–Crippen MR) is 107 cm³/mol. The number of esters is 1. The van der Waals surface area contributed by atoms with E-state index in [1.807, 2.05) is 17.5 Å². The molecule has 0 saturated heterocycles. The monoisotopic (exact) mass is 396 g/mol. The number of halogens is 1. The summed E-state index contributed by atoms with van der Waals surface area (Å²) in [5, 5.41) is 3.24. The van der Waals surface area contributed by atoms with Crippen molar-refractivity contribution in [1.29, 1.82) is 0 Å². The highest BCUT2D eigenvalue weighted by Gasteiger charge is 2.11. The van der Waals surface area contributed by atoms with E-state index >= 15 is 0 Å². The lowest BCUT2D eigenvalue weighted by Crippen LogP contribution is -2.10. The van der Waals surface area contributed by atoms with E-state index in [4.69, 9.17) is 20.8 Å². The average molecular weight is 397 g/mol. The first kappa shape index (κ1) is 17.5. The summed E-state index contributed by atoms with van der Waals surface area (Å²) in [6, 6.07) is 17.5. The molecule has 0 radical (unpaired) electrons. The number of ether oxygens (including phenoxy) is 1. The van der Waals surface area contributed by atoms with Crippen LogP contribution >= 0.6 is 22.9 Å². The Hall–Kier alpha value is -2.89. The first-order valence-corrected chi connectivity index (χ1v) is 9.41. The normalized spacial score (nSPS) is 10.9. The van der Waals surface area contributed by atoms with Crippen molar-refractivity contribution in [1.82, 2.24) is 0 Å². The molecule has 6 heteroatoms. The van der Waals surface area contributed by atoms with Crippen LogP contribution in [0.1, 0.15) is 4.88 Å². The SMILES string of the molecule is O=C(Cc1cccs1)Oc1ccc2cc(-c3ccc(Cl)cc3)c(=O)oc2c1. The van der Waals surface area contributed by atoms with E-state index in [0.717, 1.165) is 15.8 Å². The smallest absolute Gasteiger partial charge is 0.344 e. The molecular weight excluding hydrogens is 384 g/mol. The number of benzene rings is 2. The van der Waals surface area contributed by atoms with Crippen molar-refractivity contribution in [3.63, 3.8) is 0 Å². The van der Waals surface area contributed by atoms with E-state index in [-0.39, 0.29) is 12.4 Å². The van der Waals surface area contributed by atoms with E-state index in [1.165, 1.54) is 11.3 Å². The molecule has 0 unspecified atom stereocenters. The molecule has 0 aliphatic heterocycles. The lowest BCUT2D eigenvalue weighted by Gasteiger charge is -2.06. The Kier molecular flexibility index (Phi) is 4.79. The van der Waals surface area contributed by atoms with Gasteiger partial charge in [-0.1, -0.05) is 29.8 Å². The Bertz CT molecular complexity index is 1160. The highest BCUT2D eigenvalue weighted by atomic mass is 35.5. The van der Waals surface area contributed by atoms with E-state index in [2.05, 4.69) is 0 Å². The lowest BCUT2D eigenvalue weighted by molar-refractivity contribution is -0.133. The molecule has 0 saturated carbocycles. The van der Waals surface area contributed by atoms with Gasteiger partial charge in [0.05, 0.1) is 12.0 Å². The Morgan fingerprint density at radius 2 is 1.89 bits per heavy atom. The molecule has 0 spiro atoms. The van der Waals surface area contributed by atoms with Crippen LogP contribution in [0.3, 0.4) is 0 Å². The Morgan fingerprint density at radius 1 is 1.07 bits per heavy atom. The molecule has 27 heavy (non-hydrogen) atoms. The van der Waals surface area contributed by atoms with Crippen molar-refractivity contribution in [3.8, 4) is 16.9 Å². The van der Waals surface area contributed by atoms with Crippen LogP contribution in [0, 0.1) is 0 Å². The van der Waals surface area contributed by atoms with Crippen LogP contribution in [0.4, 0.5) is 0 Å². The number of carbonyl (C=O) groups is 1. The minimum atomic E-state index is -0.466. The summed E-state index contributed by atoms with van der Waals surface area (Å²) < 4.78 is 10.8. The molecule has 0 fully saturated rings. The molecule has 2 aromatic carbocycles. The maximum atomic E-state index is 12.4. The molecule has 0 aliphatic rings. The number of carbonyl (C=O) groups excluding carboxylic acids is 1. The first-order chi connectivity index (χ1) is 13.1. The van der Waals surface area contributed by atoms with Gasteiger partial charge in [-0.2, -0.15) is 0 Å². The number of thiophene rings is 1. The molecule has 2 heterocycles. The van der Waals surface area contributed by atoms with Crippen LogP contribution in [0.25, 0.3) is 22.1 Å². The molecule has 4 nitrogen and oxygen atoms in total. The van der Waals surface area contributed by atoms with Crippen LogP contribution in [-0.4, -0.2) is 5.97 Å². The van der Waals surface area contributed by atoms with Gasteiger partial charge >= 0.3 is 11.6 Å². The van der Waals surface area contributed by atoms with Gasteiger partial charge in [-0.3, -0.25) is 4.79 Å². The zero-order chi connectivity index (χ0) is 18.8. The molecule has 2 aromatic heterocycles. The zero-order valence-electron chi connectivity index (χ0n) is 14.0. The van der Waals surface area contributed by atoms with Crippen molar-refractivity contribution in [2.45, 2.75) is 6.42 Å². The van der Waals surface area contributed by atoms with Gasteiger partial charge in [-0.05, 0) is 47.3 Å². The van der Waals surface area contributed by atoms with Crippen LogP contribution in [0.2, 0.25) is 5.02 Å². The maximum absolute atomic E-state index is 12.4. The van der Waals surface area contributed by atoms with Gasteiger partial charge in [0.15, 0.2) is 0 Å². The number of hydrogen-bond acceptors (Lipinski definition) is 5. The third kappa shape index (κ3) is 3.94. The van der Waals surface area contributed by atoms with Crippen LogP contribution < -0.4 is 10.4 Å². The number of fused-ring (bicyclic) bond motifs is 1. The highest BCUT2D eigenvalue weighted by Crippen LogP contribution is 2.25. The van der Waals surface area contributed by atoms with Gasteiger partial charge in [0.25, 0.3) is 0 Å². The number of hydrogen-bond donors (Lipinski definition) is 0. The summed E-state index contributed by atoms with van der Waals surface area (Å²) in [7, 11) is 0. The summed E-state index contributed by atoms with van der Waals surface area (Å²) in [5.74, 6) is -0.0246. The topological polar surface area (TPSA) is 56.5 Å². The average Bonchev–Trinajstić information content (AvgIpc) is 3.15. The molecule has 0 bridgehead atoms. The molecule has 0 aliphatic carbocycles. The third-order valence-corrected chi connectivity index (χ3v) is 5.12. The fraction of sp³-hybridized carbons (Fsp3) is 0.0476. The quantitative estimate of drug-likeness (QED) is 0.266. The van der Waals surface area contributed by atoms with Gasteiger partial charge in [0, 0.05) is 21.4 Å². The second-order valence-electron chi connectivity index (χ2n) is 5.88. The summed E-state index contributed by atoms with van der Waals surface area (Å²) in [6.45, 7) is 0. The van der Waals surface area contributed by atoms with E-state index in [1.54, 1.807) is 48.5 Å². The predicted octanol–water partition coefficient (Wildman–Crippen LogP) is 5.32. The van der Waals surface area contributed by atoms with Gasteiger partial charge < -0.3 is 9.15 Å². The van der Waals surface area contributed by atoms with Crippen LogP contribution in [0.15, 0.2) is 75.3 Å². The van der Waals surface area contributed by atoms with Gasteiger partial charge in [-0.25, -0.2) is 4.79 Å². The van der Waals surface area contributed by atoms with Crippen molar-refractivity contribution < 1.29 is 13.9 Å². The molecule has 4 rings (SSSR count). The summed E-state index contributed by atoms with van der Waals surface area (Å²) in [6.07, 6.45) is 0.204. The third-order valence-electron chi connectivity index (χ3n) is 3.99. The van der Waals surface area contributed by atoms with Gasteiger partial charge in [-0.15, -0.1) is 11.3 Å². The van der Waals surface area contributed by atoms with Gasteiger partial charge in [0.1, 0.15) is 11.3 Å². The van der Waals surface area contributed by atoms with E-state index < -0.39 is 5.63 Å². The zero-order valence-corrected chi connectivity index (χ0v) is 15.5. The van der Waals surface area contributed by atoms with Crippen molar-refractivity contribution >= 4 is 39.9 Å². The van der Waals surface area contributed by atoms with Crippen molar-refractivity contribution in [3.05, 3.63) is 86.4 Å². The Labute approximate surface area is 163 Å². The van der Waals surface area contributed by atoms with Gasteiger partial charge in [0.2, 0.25) is 0 Å². The Balaban J connectivity index is 1.61. The molecular formula is C21H13ClO4S. The summed E-state index contributed by atoms with van der Waals surface area (Å²) >= 11 is 7.39. The minimum absolute atomic E-state index is 0.204. The number of rotatable bonds is 4. The molecule has 0 amide bonds. The van der Waals surface area contributed by atoms with Crippen LogP contribution in [-0.2, 0) is 11.2 Å². The molecule has 0 N–H and O–H groups in total. The lowest BCUT2D eigenvalue weighted by atomic mass is 10.1. The fourth-order valence-corrected chi connectivity index (χ4v) is 3.52. The van der Waals surface area contributed by atoms with Crippen molar-refractivity contribution in [2.24, 2.45) is 0 Å². The minimum Gasteiger partial charge on any atom is -0.426 e. The fourth-order valence-electron chi connectivity index (χ4n) is 2.71. The van der Waals surface area contributed by atoms with Crippen molar-refractivity contribution in [2.75, 3.05) is 0 Å². The second-order valence-corrected chi connectivity index (χ2v) is 7.35. The Morgan fingerprint density at radius 3 is 2.63 bits per heavy atom. The summed E-state index contributed by atoms with van der Waals surface area (Å²) in [5.41, 5.74) is 1.06. The standard InChI is InChI=1S/C21H13ClO4S/c22-15-6-3-13(4-7-15)18-10-14-5-8-16(11-19(14)26-21(18)24)25-20(23)12-17-2-1-9-27-17/h1-11H,12H2. The van der Waals surface area contributed by atoms with E-state index in [9.17, 15) is 9.59 Å². The molecule has 134 valence electrons. The highest BCUT2D eigenvalue weighted by molar-refractivity contribution is 7.10. The summed E-state index contributed by atoms with van der Waals surface area (Å²) in [4.78, 5) is 25.3. The second kappa shape index (κ2) is 7.39. The maximum Gasteiger partial charge on any atom is 0.344 e. The first-order valence-electron chi connectivity index (χ1n) is 8.15. The molecule has 4 aromatic rings. The largest absolute Gasteiger partial charge is 0.426 e.